The maximum absolute atomic E-state index is 14.4. The molecule has 6 amide bonds. The Hall–Kier alpha value is -4.27. The highest BCUT2D eigenvalue weighted by Gasteiger charge is 2.52. The van der Waals surface area contributed by atoms with Crippen LogP contribution in [0.2, 0.25) is 0 Å². The normalized spacial score (nSPS) is 25.2. The Bertz CT molecular complexity index is 2600. The van der Waals surface area contributed by atoms with Crippen LogP contribution < -0.4 is 37.2 Å². The summed E-state index contributed by atoms with van der Waals surface area (Å²) in [5.74, 6) is -2.36. The first-order valence-corrected chi connectivity index (χ1v) is 43.6. The van der Waals surface area contributed by atoms with Crippen molar-refractivity contribution in [2.75, 3.05) is 79.1 Å². The number of aliphatic hydroxyl groups excluding tert-OH is 9. The van der Waals surface area contributed by atoms with Gasteiger partial charge >= 0.3 is 0 Å². The van der Waals surface area contributed by atoms with E-state index in [9.17, 15) is 84.6 Å². The van der Waals surface area contributed by atoms with Gasteiger partial charge in [-0.1, -0.05) is 135 Å². The lowest BCUT2D eigenvalue weighted by atomic mass is 9.79. The van der Waals surface area contributed by atoms with E-state index in [4.69, 9.17) is 37.9 Å². The number of hydrogen-bond donors (Lipinski definition) is 17. The Kier molecular flexibility index (Phi) is 56.5. The number of carbonyl (C=O) groups is 7. The topological polar surface area (TPSA) is 480 Å². The van der Waals surface area contributed by atoms with Crippen molar-refractivity contribution >= 4 is 41.2 Å². The monoisotopic (exact) mass is 1650 g/mol. The van der Waals surface area contributed by atoms with Gasteiger partial charge in [0, 0.05) is 78.0 Å². The summed E-state index contributed by atoms with van der Waals surface area (Å²) in [5.41, 5.74) is -2.01. The van der Waals surface area contributed by atoms with E-state index in [1.54, 1.807) is 0 Å². The van der Waals surface area contributed by atoms with Crippen molar-refractivity contribution in [3.63, 3.8) is 0 Å². The van der Waals surface area contributed by atoms with E-state index < -0.39 is 147 Å². The van der Waals surface area contributed by atoms with Gasteiger partial charge in [-0.3, -0.25) is 34.1 Å². The predicted molar refractivity (Wildman–Crippen MR) is 431 cm³/mol. The van der Waals surface area contributed by atoms with E-state index in [0.29, 0.717) is 97.5 Å². The lowest BCUT2D eigenvalue weighted by molar-refractivity contribution is -0.315. The molecule has 0 radical (unpaired) electrons. The van der Waals surface area contributed by atoms with Crippen molar-refractivity contribution < 1.29 is 123 Å². The summed E-state index contributed by atoms with van der Waals surface area (Å²) in [6.07, 6.45) is 15.5. The van der Waals surface area contributed by atoms with E-state index in [1.807, 2.05) is 20.8 Å². The van der Waals surface area contributed by atoms with Crippen LogP contribution >= 0.6 is 0 Å². The maximum Gasteiger partial charge on any atom is 0.243 e. The van der Waals surface area contributed by atoms with Gasteiger partial charge in [0.15, 0.2) is 18.9 Å². The van der Waals surface area contributed by atoms with Crippen LogP contribution in [0.5, 0.6) is 0 Å². The number of nitrogens with one attached hydrogen (secondary N) is 7. The minimum absolute atomic E-state index is 0.0398. The molecular formula is C83H155N7O25. The molecule has 3 rings (SSSR count). The Morgan fingerprint density at radius 2 is 0.861 bits per heavy atom. The second-order valence-electron chi connectivity index (χ2n) is 32.9. The smallest absolute Gasteiger partial charge is 0.243 e. The van der Waals surface area contributed by atoms with Gasteiger partial charge in [-0.2, -0.15) is 0 Å². The van der Waals surface area contributed by atoms with Gasteiger partial charge in [-0.05, 0) is 125 Å². The Morgan fingerprint density at radius 3 is 1.29 bits per heavy atom. The van der Waals surface area contributed by atoms with Gasteiger partial charge in [0.1, 0.15) is 78.5 Å². The Balaban J connectivity index is 1.46. The predicted octanol–water partition coefficient (Wildman–Crippen LogP) is 4.72. The number of ether oxygens (including phenoxy) is 8. The highest BCUT2D eigenvalue weighted by molar-refractivity contribution is 5.92. The summed E-state index contributed by atoms with van der Waals surface area (Å²) in [5, 5.41) is 122. The van der Waals surface area contributed by atoms with Crippen LogP contribution in [0.15, 0.2) is 0 Å². The third-order valence-corrected chi connectivity index (χ3v) is 21.4. The van der Waals surface area contributed by atoms with Crippen LogP contribution in [0.1, 0.15) is 292 Å². The first-order valence-electron chi connectivity index (χ1n) is 43.6. The fourth-order valence-corrected chi connectivity index (χ4v) is 14.5. The van der Waals surface area contributed by atoms with Crippen LogP contribution in [0.25, 0.3) is 0 Å². The molecule has 0 aliphatic carbocycles. The highest BCUT2D eigenvalue weighted by atomic mass is 16.7. The molecule has 32 nitrogen and oxygen atoms in total. The number of aliphatic hydroxyl groups is 10. The molecule has 0 spiro atoms. The number of amides is 6. The molecule has 0 aromatic heterocycles. The zero-order valence-electron chi connectivity index (χ0n) is 70.8. The molecule has 0 bridgehead atoms. The van der Waals surface area contributed by atoms with Crippen molar-refractivity contribution in [1.29, 1.82) is 0 Å². The van der Waals surface area contributed by atoms with Gasteiger partial charge in [0.25, 0.3) is 0 Å². The molecule has 115 heavy (non-hydrogen) atoms. The Morgan fingerprint density at radius 1 is 0.443 bits per heavy atom. The van der Waals surface area contributed by atoms with Gasteiger partial charge in [-0.25, -0.2) is 0 Å². The standard InChI is InChI=1S/C83H155N7O25/c1-58(94)44-45-61-76(104)83(7,107)66(57-93)115-79(61)109-49-36-26-20-14-8-11-17-23-29-41-67(97)84-46-34-32-39-62(77(105)86-48-52-108-53-54-112-82(4,5)6)90-78(106)63(89-69(99)43-31-25-19-13-10-16-22-28-38-51-111-81-71(88-60(3)96)75(103)73(101)65(56-92)114-81)40-33-35-47-85-68(98)42-30-24-18-12-9-15-21-27-37-50-110-80-70(87-59(2)95)74(102)72(100)64(55-91)113-80/h60-66,70-76,79-81,88,91-93,96,100-104,107H,8-57H2,1-7H3,(H,84,97)(H,85,98)(H,86,105)(H,87,95)(H,89,99)(H,90,106)/t60?,61?,62?,63?,64?,65?,66?,70?,71?,72-,73?,74?,75?,76?,79?,80?,81?,83-/m1/s1. The number of Topliss-reactive ketones (excluding diaryl/α,β-unsaturated/α-hetero) is 1. The van der Waals surface area contributed by atoms with Crippen LogP contribution in [-0.2, 0) is 71.5 Å². The third kappa shape index (κ3) is 45.8. The number of rotatable bonds is 68. The minimum Gasteiger partial charge on any atom is -0.394 e. The van der Waals surface area contributed by atoms with Crippen LogP contribution in [0, 0.1) is 5.92 Å². The molecule has 0 aromatic carbocycles. The molecule has 3 fully saturated rings. The minimum atomic E-state index is -1.68. The molecule has 17 N–H and O–H groups in total. The summed E-state index contributed by atoms with van der Waals surface area (Å²) in [6.45, 7) is 12.9. The maximum atomic E-state index is 14.4. The summed E-state index contributed by atoms with van der Waals surface area (Å²) in [6, 6.07) is -3.77. The molecule has 3 heterocycles. The van der Waals surface area contributed by atoms with E-state index in [1.165, 1.54) is 27.7 Å². The number of hydrogen-bond acceptors (Lipinski definition) is 26. The molecule has 18 atom stereocenters. The van der Waals surface area contributed by atoms with Crippen LogP contribution in [0.4, 0.5) is 0 Å². The van der Waals surface area contributed by atoms with E-state index in [0.717, 1.165) is 167 Å². The average molecular weight is 1650 g/mol. The molecule has 16 unspecified atom stereocenters. The highest BCUT2D eigenvalue weighted by Crippen LogP contribution is 2.37. The van der Waals surface area contributed by atoms with Crippen molar-refractivity contribution in [1.82, 2.24) is 37.2 Å². The quantitative estimate of drug-likeness (QED) is 0.0289. The first kappa shape index (κ1) is 105. The van der Waals surface area contributed by atoms with Crippen molar-refractivity contribution in [2.24, 2.45) is 5.92 Å². The fourth-order valence-electron chi connectivity index (χ4n) is 14.5. The summed E-state index contributed by atoms with van der Waals surface area (Å²) in [7, 11) is 0. The number of carbonyl (C=O) groups excluding carboxylic acids is 7. The van der Waals surface area contributed by atoms with Crippen LogP contribution in [-0.4, -0.2) is 281 Å². The van der Waals surface area contributed by atoms with Gasteiger partial charge in [0.05, 0.1) is 57.4 Å². The third-order valence-electron chi connectivity index (χ3n) is 21.4. The fraction of sp³-hybridized carbons (Fsp3) is 0.916. The molecule has 0 aromatic rings. The average Bonchev–Trinajstić information content (AvgIpc) is 0.773. The molecule has 0 saturated carbocycles. The first-order chi connectivity index (χ1) is 55.0. The van der Waals surface area contributed by atoms with Crippen LogP contribution in [0.3, 0.4) is 0 Å². The van der Waals surface area contributed by atoms with Crippen molar-refractivity contribution in [2.45, 2.75) is 402 Å². The van der Waals surface area contributed by atoms with E-state index >= 15 is 0 Å². The Labute approximate surface area is 684 Å². The number of unbranched alkanes of at least 4 members (excludes halogenated alkanes) is 26. The van der Waals surface area contributed by atoms with E-state index in [2.05, 4.69) is 37.2 Å². The summed E-state index contributed by atoms with van der Waals surface area (Å²) >= 11 is 0. The lowest BCUT2D eigenvalue weighted by Crippen LogP contribution is -2.65. The second-order valence-corrected chi connectivity index (χ2v) is 32.9. The van der Waals surface area contributed by atoms with E-state index in [-0.39, 0.29) is 67.9 Å². The SMILES string of the molecule is CC(=O)CCC1C(OCCCCCCCCCCCC(=O)NCCCCC(NC(=O)C(CCCCNC(=O)CCCCCCCCCCCOC2OC(CO)[C@@H](O)C(O)C2NC(C)=O)NC(=O)CCCCCCCCCCCOC2OC(CO)C(O)C(O)C2NC(C)O)C(=O)NCCOCCOC(C)(C)C)OC(CO)[C@@](C)(O)C1O. The second kappa shape index (κ2) is 61.9. The van der Waals surface area contributed by atoms with Gasteiger partial charge < -0.3 is 126 Å². The molecule has 3 aliphatic heterocycles. The zero-order valence-corrected chi connectivity index (χ0v) is 70.8. The van der Waals surface area contributed by atoms with Gasteiger partial charge in [0.2, 0.25) is 35.4 Å². The molecule has 32 heteroatoms. The largest absolute Gasteiger partial charge is 0.394 e. The molecule has 3 aliphatic rings. The van der Waals surface area contributed by atoms with Crippen molar-refractivity contribution in [3.05, 3.63) is 0 Å². The summed E-state index contributed by atoms with van der Waals surface area (Å²) < 4.78 is 46.4. The van der Waals surface area contributed by atoms with Gasteiger partial charge in [-0.15, -0.1) is 0 Å². The number of ketones is 1. The zero-order chi connectivity index (χ0) is 84.8. The molecular weight excluding hydrogens is 1490 g/mol. The molecule has 3 saturated heterocycles. The van der Waals surface area contributed by atoms with Crippen molar-refractivity contribution in [3.8, 4) is 0 Å². The summed E-state index contributed by atoms with van der Waals surface area (Å²) in [4.78, 5) is 91.2. The lowest BCUT2D eigenvalue weighted by Gasteiger charge is -2.48. The molecule has 672 valence electrons.